The van der Waals surface area contributed by atoms with Crippen LogP contribution in [0.4, 0.5) is 0 Å². The van der Waals surface area contributed by atoms with Crippen molar-refractivity contribution in [3.63, 3.8) is 0 Å². The van der Waals surface area contributed by atoms with E-state index in [4.69, 9.17) is 25.5 Å². The second-order valence-corrected chi connectivity index (χ2v) is 3.45. The largest absolute Gasteiger partial charge is 0.473 e. The summed E-state index contributed by atoms with van der Waals surface area (Å²) in [6.07, 6.45) is 5.13. The normalized spacial score (nSPS) is 23.4. The van der Waals surface area contributed by atoms with Crippen LogP contribution in [-0.4, -0.2) is 41.3 Å². The number of carboxylic acids is 2. The molecule has 7 heteroatoms. The van der Waals surface area contributed by atoms with Crippen LogP contribution in [0.25, 0.3) is 0 Å². The van der Waals surface area contributed by atoms with Gasteiger partial charge in [0.15, 0.2) is 0 Å². The molecule has 0 aromatic carbocycles. The molecule has 0 aliphatic heterocycles. The van der Waals surface area contributed by atoms with Crippen LogP contribution in [0.5, 0.6) is 0 Å². The van der Waals surface area contributed by atoms with Gasteiger partial charge in [-0.3, -0.25) is 0 Å². The number of hydrogen-bond donors (Lipinski definition) is 4. The first-order chi connectivity index (χ1) is 6.99. The molecule has 0 saturated heterocycles. The fourth-order valence-electron chi connectivity index (χ4n) is 1.52. The van der Waals surface area contributed by atoms with Gasteiger partial charge in [-0.1, -0.05) is 12.8 Å². The molecule has 0 bridgehead atoms. The molecule has 1 saturated carbocycles. The van der Waals surface area contributed by atoms with E-state index >= 15 is 0 Å². The Morgan fingerprint density at radius 2 is 1.62 bits per heavy atom. The van der Waals surface area contributed by atoms with Gasteiger partial charge in [0, 0.05) is 33.1 Å². The van der Waals surface area contributed by atoms with Crippen LogP contribution in [0.3, 0.4) is 0 Å². The standard InChI is InChI=1S/C7H16N2.C2H2O4.Pt/c1-9-7-5-3-2-4-6(7)8;3-1(4)2(5)6;/h6-7,9H,2-5,8H2,1H3;(H,3,4)(H,5,6);/t6-,7-;;/m1../s1. The van der Waals surface area contributed by atoms with Crippen molar-refractivity contribution in [2.75, 3.05) is 7.05 Å². The summed E-state index contributed by atoms with van der Waals surface area (Å²) in [5.74, 6) is -3.65. The second kappa shape index (κ2) is 9.75. The second-order valence-electron chi connectivity index (χ2n) is 3.45. The zero-order chi connectivity index (χ0) is 11.8. The summed E-state index contributed by atoms with van der Waals surface area (Å²) < 4.78 is 0. The summed E-state index contributed by atoms with van der Waals surface area (Å²) in [4.78, 5) is 18.2. The van der Waals surface area contributed by atoms with Gasteiger partial charge in [-0.05, 0) is 19.9 Å². The van der Waals surface area contributed by atoms with Gasteiger partial charge in [0.1, 0.15) is 0 Å². The third kappa shape index (κ3) is 7.79. The minimum absolute atomic E-state index is 0. The topological polar surface area (TPSA) is 113 Å². The fourth-order valence-corrected chi connectivity index (χ4v) is 1.52. The van der Waals surface area contributed by atoms with Gasteiger partial charge in [0.2, 0.25) is 0 Å². The molecular formula is C9H18N2O4Pt. The minimum Gasteiger partial charge on any atom is -0.473 e. The third-order valence-electron chi connectivity index (χ3n) is 2.37. The van der Waals surface area contributed by atoms with Crippen molar-refractivity contribution in [2.24, 2.45) is 5.73 Å². The van der Waals surface area contributed by atoms with Crippen molar-refractivity contribution in [1.29, 1.82) is 0 Å². The first kappa shape index (κ1) is 17.9. The van der Waals surface area contributed by atoms with E-state index in [1.807, 2.05) is 7.05 Å². The van der Waals surface area contributed by atoms with E-state index in [2.05, 4.69) is 5.32 Å². The number of carbonyl (C=O) groups is 2. The molecule has 1 aliphatic carbocycles. The van der Waals surface area contributed by atoms with Crippen molar-refractivity contribution in [1.82, 2.24) is 5.32 Å². The average molecular weight is 413 g/mol. The molecule has 0 amide bonds. The van der Waals surface area contributed by atoms with Gasteiger partial charge in [-0.25, -0.2) is 9.59 Å². The zero-order valence-electron chi connectivity index (χ0n) is 9.09. The Labute approximate surface area is 109 Å². The number of rotatable bonds is 1. The van der Waals surface area contributed by atoms with Crippen LogP contribution in [0.1, 0.15) is 25.7 Å². The summed E-state index contributed by atoms with van der Waals surface area (Å²) in [7, 11) is 2.00. The van der Waals surface area contributed by atoms with Gasteiger partial charge >= 0.3 is 11.9 Å². The fraction of sp³-hybridized carbons (Fsp3) is 0.778. The summed E-state index contributed by atoms with van der Waals surface area (Å²) >= 11 is 0. The summed E-state index contributed by atoms with van der Waals surface area (Å²) in [6, 6.07) is 0.988. The van der Waals surface area contributed by atoms with Crippen molar-refractivity contribution >= 4 is 11.9 Å². The molecule has 0 unspecified atom stereocenters. The van der Waals surface area contributed by atoms with E-state index in [0.717, 1.165) is 0 Å². The van der Waals surface area contributed by atoms with Gasteiger partial charge in [0.05, 0.1) is 0 Å². The first-order valence-electron chi connectivity index (χ1n) is 4.88. The Balaban J connectivity index is 0. The maximum absolute atomic E-state index is 9.10. The van der Waals surface area contributed by atoms with E-state index < -0.39 is 11.9 Å². The van der Waals surface area contributed by atoms with Crippen LogP contribution in [0.15, 0.2) is 0 Å². The number of aliphatic carboxylic acids is 2. The molecule has 0 spiro atoms. The quantitative estimate of drug-likeness (QED) is 0.437. The summed E-state index contributed by atoms with van der Waals surface area (Å²) in [5.41, 5.74) is 5.83. The molecule has 2 atom stereocenters. The molecule has 0 heterocycles. The van der Waals surface area contributed by atoms with Crippen molar-refractivity contribution in [3.8, 4) is 0 Å². The van der Waals surface area contributed by atoms with Crippen molar-refractivity contribution in [2.45, 2.75) is 37.8 Å². The Morgan fingerprint density at radius 1 is 1.19 bits per heavy atom. The first-order valence-corrected chi connectivity index (χ1v) is 4.88. The van der Waals surface area contributed by atoms with Crippen LogP contribution in [0.2, 0.25) is 0 Å². The smallest absolute Gasteiger partial charge is 0.414 e. The molecule has 1 rings (SSSR count). The van der Waals surface area contributed by atoms with E-state index in [-0.39, 0.29) is 21.1 Å². The van der Waals surface area contributed by atoms with Gasteiger partial charge in [-0.15, -0.1) is 0 Å². The van der Waals surface area contributed by atoms with Crippen LogP contribution in [-0.2, 0) is 30.7 Å². The Hall–Kier alpha value is -0.452. The predicted octanol–water partition coefficient (Wildman–Crippen LogP) is -0.371. The number of likely N-dealkylation sites (N-methyl/N-ethyl adjacent to an activating group) is 1. The van der Waals surface area contributed by atoms with Crippen LogP contribution in [0, 0.1) is 0 Å². The van der Waals surface area contributed by atoms with E-state index in [0.29, 0.717) is 12.1 Å². The maximum Gasteiger partial charge on any atom is 0.414 e. The monoisotopic (exact) mass is 413 g/mol. The van der Waals surface area contributed by atoms with Crippen LogP contribution < -0.4 is 11.1 Å². The molecule has 0 radical (unpaired) electrons. The van der Waals surface area contributed by atoms with E-state index in [1.54, 1.807) is 0 Å². The number of hydrogen-bond acceptors (Lipinski definition) is 4. The van der Waals surface area contributed by atoms with Crippen molar-refractivity contribution in [3.05, 3.63) is 0 Å². The van der Waals surface area contributed by atoms with E-state index in [9.17, 15) is 0 Å². The summed E-state index contributed by atoms with van der Waals surface area (Å²) in [5, 5.41) is 18.0. The maximum atomic E-state index is 9.10. The van der Waals surface area contributed by atoms with Gasteiger partial charge in [-0.2, -0.15) is 0 Å². The molecule has 5 N–H and O–H groups in total. The molecule has 6 nitrogen and oxygen atoms in total. The van der Waals surface area contributed by atoms with Gasteiger partial charge in [0.25, 0.3) is 0 Å². The molecule has 1 fully saturated rings. The van der Waals surface area contributed by atoms with Crippen molar-refractivity contribution < 1.29 is 40.9 Å². The van der Waals surface area contributed by atoms with Crippen LogP contribution >= 0.6 is 0 Å². The van der Waals surface area contributed by atoms with E-state index in [1.165, 1.54) is 25.7 Å². The van der Waals surface area contributed by atoms with Gasteiger partial charge < -0.3 is 21.3 Å². The Kier molecular flexibility index (Phi) is 10.9. The molecule has 16 heavy (non-hydrogen) atoms. The molecular weight excluding hydrogens is 395 g/mol. The average Bonchev–Trinajstić information content (AvgIpc) is 2.19. The number of carboxylic acid groups (broad SMARTS) is 2. The molecule has 0 aromatic heterocycles. The summed E-state index contributed by atoms with van der Waals surface area (Å²) in [6.45, 7) is 0. The SMILES string of the molecule is CN[C@@H]1CCCC[C@H]1N.O=C(O)C(=O)O.[Pt]. The Bertz CT molecular complexity index is 214. The minimum atomic E-state index is -1.82. The zero-order valence-corrected chi connectivity index (χ0v) is 11.4. The Morgan fingerprint density at radius 3 is 1.88 bits per heavy atom. The molecule has 1 aliphatic rings. The molecule has 98 valence electrons. The number of nitrogens with two attached hydrogens (primary N) is 1. The third-order valence-corrected chi connectivity index (χ3v) is 2.37. The molecule has 0 aromatic rings. The predicted molar refractivity (Wildman–Crippen MR) is 54.6 cm³/mol. The number of nitrogens with one attached hydrogen (secondary N) is 1.